The van der Waals surface area contributed by atoms with E-state index in [2.05, 4.69) is 37.9 Å². The van der Waals surface area contributed by atoms with E-state index >= 15 is 0 Å². The molecule has 0 radical (unpaired) electrons. The van der Waals surface area contributed by atoms with Crippen LogP contribution in [0.3, 0.4) is 0 Å². The molecule has 0 aromatic carbocycles. The van der Waals surface area contributed by atoms with Gasteiger partial charge in [0.2, 0.25) is 5.91 Å². The number of carbonyl (C=O) groups excluding carboxylic acids is 1. The van der Waals surface area contributed by atoms with Gasteiger partial charge >= 0.3 is 0 Å². The molecule has 0 bridgehead atoms. The second-order valence-corrected chi connectivity index (χ2v) is 6.08. The quantitative estimate of drug-likeness (QED) is 0.544. The van der Waals surface area contributed by atoms with Gasteiger partial charge in [-0.2, -0.15) is 0 Å². The highest BCUT2D eigenvalue weighted by molar-refractivity contribution is 7.80. The SMILES string of the molecule is CCCN(CC)CCNC(=O)C(CCC)(CCC)C(N)=S. The van der Waals surface area contributed by atoms with E-state index < -0.39 is 5.41 Å². The summed E-state index contributed by atoms with van der Waals surface area (Å²) in [4.78, 5) is 15.3. The van der Waals surface area contributed by atoms with Crippen LogP contribution in [0.4, 0.5) is 0 Å². The number of nitrogens with two attached hydrogens (primary N) is 1. The van der Waals surface area contributed by atoms with E-state index in [0.717, 1.165) is 51.7 Å². The van der Waals surface area contributed by atoms with Crippen molar-refractivity contribution in [3.8, 4) is 0 Å². The Balaban J connectivity index is 4.64. The molecule has 4 nitrogen and oxygen atoms in total. The number of nitrogens with one attached hydrogen (secondary N) is 1. The number of likely N-dealkylation sites (N-methyl/N-ethyl adjacent to an activating group) is 1. The zero-order valence-corrected chi connectivity index (χ0v) is 15.0. The number of amides is 1. The molecule has 0 aliphatic rings. The lowest BCUT2D eigenvalue weighted by Gasteiger charge is -2.31. The summed E-state index contributed by atoms with van der Waals surface area (Å²) in [6.07, 6.45) is 4.40. The van der Waals surface area contributed by atoms with Crippen LogP contribution in [-0.4, -0.2) is 42.0 Å². The molecule has 0 atom stereocenters. The Bertz CT molecular complexity index is 315. The molecule has 124 valence electrons. The van der Waals surface area contributed by atoms with Crippen molar-refractivity contribution in [3.63, 3.8) is 0 Å². The predicted octanol–water partition coefficient (Wildman–Crippen LogP) is 2.71. The zero-order valence-electron chi connectivity index (χ0n) is 14.2. The Labute approximate surface area is 135 Å². The molecule has 0 aliphatic heterocycles. The van der Waals surface area contributed by atoms with Gasteiger partial charge in [-0.1, -0.05) is 52.8 Å². The Hall–Kier alpha value is -0.680. The summed E-state index contributed by atoms with van der Waals surface area (Å²) in [7, 11) is 0. The van der Waals surface area contributed by atoms with Crippen molar-refractivity contribution in [2.24, 2.45) is 11.1 Å². The second kappa shape index (κ2) is 11.0. The molecule has 0 saturated carbocycles. The molecular formula is C16H33N3OS. The van der Waals surface area contributed by atoms with E-state index in [1.807, 2.05) is 0 Å². The number of thiocarbonyl (C=S) groups is 1. The summed E-state index contributed by atoms with van der Waals surface area (Å²) in [5.41, 5.74) is 5.24. The van der Waals surface area contributed by atoms with Crippen molar-refractivity contribution >= 4 is 23.1 Å². The first-order valence-electron chi connectivity index (χ1n) is 8.28. The fourth-order valence-corrected chi connectivity index (χ4v) is 3.10. The molecule has 0 aliphatic carbocycles. The summed E-state index contributed by atoms with van der Waals surface area (Å²) in [5.74, 6) is 0.00579. The highest BCUT2D eigenvalue weighted by Gasteiger charge is 2.39. The molecule has 0 rings (SSSR count). The number of hydrogen-bond acceptors (Lipinski definition) is 3. The van der Waals surface area contributed by atoms with Crippen molar-refractivity contribution in [1.82, 2.24) is 10.2 Å². The van der Waals surface area contributed by atoms with Gasteiger partial charge in [-0.15, -0.1) is 0 Å². The Morgan fingerprint density at radius 1 is 1.10 bits per heavy atom. The van der Waals surface area contributed by atoms with E-state index in [4.69, 9.17) is 18.0 Å². The summed E-state index contributed by atoms with van der Waals surface area (Å²) >= 11 is 5.21. The average Bonchev–Trinajstić information content (AvgIpc) is 2.45. The maximum absolute atomic E-state index is 12.6. The fourth-order valence-electron chi connectivity index (χ4n) is 2.80. The molecule has 0 unspecified atom stereocenters. The molecule has 21 heavy (non-hydrogen) atoms. The van der Waals surface area contributed by atoms with Gasteiger partial charge in [0.25, 0.3) is 0 Å². The number of hydrogen-bond donors (Lipinski definition) is 2. The first-order chi connectivity index (χ1) is 9.98. The monoisotopic (exact) mass is 315 g/mol. The van der Waals surface area contributed by atoms with E-state index in [1.54, 1.807) is 0 Å². The predicted molar refractivity (Wildman–Crippen MR) is 94.4 cm³/mol. The first kappa shape index (κ1) is 20.3. The smallest absolute Gasteiger partial charge is 0.233 e. The zero-order chi connectivity index (χ0) is 16.3. The molecule has 5 heteroatoms. The van der Waals surface area contributed by atoms with Gasteiger partial charge in [0.05, 0.1) is 10.4 Å². The van der Waals surface area contributed by atoms with Gasteiger partial charge in [0.15, 0.2) is 0 Å². The summed E-state index contributed by atoms with van der Waals surface area (Å²) in [6, 6.07) is 0. The van der Waals surface area contributed by atoms with Gasteiger partial charge in [0, 0.05) is 13.1 Å². The number of nitrogens with zero attached hydrogens (tertiary/aromatic N) is 1. The van der Waals surface area contributed by atoms with Crippen LogP contribution in [0.15, 0.2) is 0 Å². The van der Waals surface area contributed by atoms with Gasteiger partial charge < -0.3 is 16.0 Å². The van der Waals surface area contributed by atoms with Crippen molar-refractivity contribution < 1.29 is 4.79 Å². The standard InChI is InChI=1S/C16H33N3OS/c1-5-9-16(10-6-2,14(17)21)15(20)18-11-13-19(8-4)12-7-3/h5-13H2,1-4H3,(H2,17,21)(H,18,20). The third-order valence-electron chi connectivity index (χ3n) is 3.96. The van der Waals surface area contributed by atoms with Crippen LogP contribution in [0, 0.1) is 5.41 Å². The highest BCUT2D eigenvalue weighted by Crippen LogP contribution is 2.30. The minimum absolute atomic E-state index is 0.00579. The van der Waals surface area contributed by atoms with Gasteiger partial charge in [0.1, 0.15) is 0 Å². The van der Waals surface area contributed by atoms with Crippen LogP contribution in [-0.2, 0) is 4.79 Å². The molecule has 0 fully saturated rings. The second-order valence-electron chi connectivity index (χ2n) is 5.64. The minimum Gasteiger partial charge on any atom is -0.392 e. The lowest BCUT2D eigenvalue weighted by atomic mass is 9.78. The Morgan fingerprint density at radius 2 is 1.67 bits per heavy atom. The normalized spacial score (nSPS) is 11.7. The molecule has 0 heterocycles. The van der Waals surface area contributed by atoms with Crippen LogP contribution >= 0.6 is 12.2 Å². The first-order valence-corrected chi connectivity index (χ1v) is 8.69. The van der Waals surface area contributed by atoms with Gasteiger partial charge in [-0.05, 0) is 32.4 Å². The molecule has 1 amide bonds. The highest BCUT2D eigenvalue weighted by atomic mass is 32.1. The van der Waals surface area contributed by atoms with Crippen molar-refractivity contribution in [3.05, 3.63) is 0 Å². The fraction of sp³-hybridized carbons (Fsp3) is 0.875. The van der Waals surface area contributed by atoms with E-state index in [-0.39, 0.29) is 5.91 Å². The molecule has 3 N–H and O–H groups in total. The molecule has 0 spiro atoms. The minimum atomic E-state index is -0.666. The van der Waals surface area contributed by atoms with Crippen molar-refractivity contribution in [1.29, 1.82) is 0 Å². The summed E-state index contributed by atoms with van der Waals surface area (Å²) in [6.45, 7) is 12.1. The summed E-state index contributed by atoms with van der Waals surface area (Å²) < 4.78 is 0. The number of rotatable bonds is 12. The van der Waals surface area contributed by atoms with Crippen LogP contribution in [0.25, 0.3) is 0 Å². The van der Waals surface area contributed by atoms with Crippen LogP contribution in [0.2, 0.25) is 0 Å². The topological polar surface area (TPSA) is 58.4 Å². The van der Waals surface area contributed by atoms with Gasteiger partial charge in [-0.25, -0.2) is 0 Å². The van der Waals surface area contributed by atoms with Crippen molar-refractivity contribution in [2.75, 3.05) is 26.2 Å². The molecule has 0 aromatic rings. The Morgan fingerprint density at radius 3 is 2.05 bits per heavy atom. The summed E-state index contributed by atoms with van der Waals surface area (Å²) in [5, 5.41) is 3.05. The number of carbonyl (C=O) groups is 1. The third-order valence-corrected chi connectivity index (χ3v) is 4.35. The van der Waals surface area contributed by atoms with Crippen LogP contribution < -0.4 is 11.1 Å². The van der Waals surface area contributed by atoms with Crippen LogP contribution in [0.5, 0.6) is 0 Å². The maximum Gasteiger partial charge on any atom is 0.233 e. The van der Waals surface area contributed by atoms with E-state index in [1.165, 1.54) is 0 Å². The van der Waals surface area contributed by atoms with Crippen molar-refractivity contribution in [2.45, 2.75) is 59.8 Å². The largest absolute Gasteiger partial charge is 0.392 e. The average molecular weight is 316 g/mol. The van der Waals surface area contributed by atoms with E-state index in [9.17, 15) is 4.79 Å². The molecule has 0 saturated heterocycles. The lowest BCUT2D eigenvalue weighted by Crippen LogP contribution is -2.50. The molecule has 0 aromatic heterocycles. The van der Waals surface area contributed by atoms with Gasteiger partial charge in [-0.3, -0.25) is 4.79 Å². The van der Waals surface area contributed by atoms with Crippen LogP contribution in [0.1, 0.15) is 59.8 Å². The van der Waals surface area contributed by atoms with E-state index in [0.29, 0.717) is 11.5 Å². The maximum atomic E-state index is 12.6. The lowest BCUT2D eigenvalue weighted by molar-refractivity contribution is -0.128. The third kappa shape index (κ3) is 6.30. The molecular weight excluding hydrogens is 282 g/mol. The Kier molecular flexibility index (Phi) is 10.6.